The number of fused-ring (bicyclic) bond motifs is 1. The summed E-state index contributed by atoms with van der Waals surface area (Å²) in [5, 5.41) is 0. The van der Waals surface area contributed by atoms with Gasteiger partial charge in [0.05, 0.1) is 5.69 Å². The molecule has 2 heterocycles. The van der Waals surface area contributed by atoms with Gasteiger partial charge < -0.3 is 0 Å². The van der Waals surface area contributed by atoms with Gasteiger partial charge in [0.15, 0.2) is 11.4 Å². The molecule has 100 valence electrons. The van der Waals surface area contributed by atoms with E-state index >= 15 is 0 Å². The topological polar surface area (TPSA) is 63.2 Å². The highest BCUT2D eigenvalue weighted by Gasteiger charge is 2.40. The number of hydrogen-bond donors (Lipinski definition) is 0. The number of aryl methyl sites for hydroxylation is 2. The van der Waals surface area contributed by atoms with E-state index in [9.17, 15) is 9.59 Å². The summed E-state index contributed by atoms with van der Waals surface area (Å²) in [5.74, 6) is -0.802. The molecule has 5 nitrogen and oxygen atoms in total. The minimum Gasteiger partial charge on any atom is -0.266 e. The molecule has 0 fully saturated rings. The van der Waals surface area contributed by atoms with Gasteiger partial charge in [-0.1, -0.05) is 25.1 Å². The van der Waals surface area contributed by atoms with Crippen LogP contribution >= 0.6 is 0 Å². The molecule has 1 aliphatic rings. The predicted octanol–water partition coefficient (Wildman–Crippen LogP) is 2.15. The van der Waals surface area contributed by atoms with Crippen LogP contribution in [0.2, 0.25) is 0 Å². The summed E-state index contributed by atoms with van der Waals surface area (Å²) in [5.41, 5.74) is 2.76. The fraction of sp³-hybridized carbons (Fsp3) is 0.200. The monoisotopic (exact) mass is 267 g/mol. The lowest BCUT2D eigenvalue weighted by atomic mass is 10.0. The van der Waals surface area contributed by atoms with Gasteiger partial charge in [0.1, 0.15) is 0 Å². The van der Waals surface area contributed by atoms with Crippen molar-refractivity contribution in [3.63, 3.8) is 0 Å². The van der Waals surface area contributed by atoms with Crippen molar-refractivity contribution in [2.45, 2.75) is 20.3 Å². The molecule has 1 aliphatic heterocycles. The molecule has 2 aromatic rings. The maximum Gasteiger partial charge on any atom is 0.286 e. The van der Waals surface area contributed by atoms with Gasteiger partial charge in [0.2, 0.25) is 0 Å². The number of anilines is 1. The summed E-state index contributed by atoms with van der Waals surface area (Å²) in [6.07, 6.45) is 3.59. The zero-order chi connectivity index (χ0) is 14.3. The number of hydrogen-bond acceptors (Lipinski definition) is 4. The predicted molar refractivity (Wildman–Crippen MR) is 73.7 cm³/mol. The summed E-state index contributed by atoms with van der Waals surface area (Å²) in [4.78, 5) is 34.0. The summed E-state index contributed by atoms with van der Waals surface area (Å²) in [6, 6.07) is 5.73. The molecule has 0 radical (unpaired) electrons. The lowest BCUT2D eigenvalue weighted by Crippen LogP contribution is -2.31. The number of nitrogens with zero attached hydrogens (tertiary/aromatic N) is 3. The Morgan fingerprint density at radius 2 is 1.65 bits per heavy atom. The third-order valence-corrected chi connectivity index (χ3v) is 3.44. The SMILES string of the molecule is CCc1cccc(C)c1N1C(=O)c2nccnc2C1=O. The Labute approximate surface area is 116 Å². The van der Waals surface area contributed by atoms with Gasteiger partial charge in [-0.05, 0) is 24.5 Å². The first kappa shape index (κ1) is 12.5. The standard InChI is InChI=1S/C15H13N3O2/c1-3-10-6-4-5-9(2)13(10)18-14(19)11-12(15(18)20)17-8-7-16-11/h4-8H,3H2,1-2H3. The van der Waals surface area contributed by atoms with Gasteiger partial charge in [-0.2, -0.15) is 0 Å². The Kier molecular flexibility index (Phi) is 2.82. The molecule has 0 bridgehead atoms. The van der Waals surface area contributed by atoms with Crippen LogP contribution in [0.3, 0.4) is 0 Å². The third-order valence-electron chi connectivity index (χ3n) is 3.44. The molecule has 0 atom stereocenters. The van der Waals surface area contributed by atoms with Crippen molar-refractivity contribution in [1.29, 1.82) is 0 Å². The zero-order valence-electron chi connectivity index (χ0n) is 11.3. The molecular weight excluding hydrogens is 254 g/mol. The molecule has 0 saturated heterocycles. The van der Waals surface area contributed by atoms with Gasteiger partial charge in [-0.15, -0.1) is 0 Å². The molecule has 1 aromatic heterocycles. The smallest absolute Gasteiger partial charge is 0.266 e. The van der Waals surface area contributed by atoms with Crippen molar-refractivity contribution in [2.24, 2.45) is 0 Å². The number of para-hydroxylation sites is 1. The highest BCUT2D eigenvalue weighted by atomic mass is 16.2. The van der Waals surface area contributed by atoms with E-state index < -0.39 is 11.8 Å². The van der Waals surface area contributed by atoms with Crippen LogP contribution in [0, 0.1) is 6.92 Å². The fourth-order valence-electron chi connectivity index (χ4n) is 2.48. The van der Waals surface area contributed by atoms with Gasteiger partial charge in [-0.25, -0.2) is 14.9 Å². The first-order valence-corrected chi connectivity index (χ1v) is 6.43. The second-order valence-electron chi connectivity index (χ2n) is 4.64. The van der Waals surface area contributed by atoms with E-state index in [1.807, 2.05) is 32.0 Å². The number of carbonyl (C=O) groups excluding carboxylic acids is 2. The average molecular weight is 267 g/mol. The minimum absolute atomic E-state index is 0.128. The van der Waals surface area contributed by atoms with Crippen LogP contribution in [0.5, 0.6) is 0 Å². The highest BCUT2D eigenvalue weighted by Crippen LogP contribution is 2.31. The molecule has 0 saturated carbocycles. The highest BCUT2D eigenvalue weighted by molar-refractivity contribution is 6.33. The summed E-state index contributed by atoms with van der Waals surface area (Å²) in [6.45, 7) is 3.88. The maximum atomic E-state index is 12.4. The van der Waals surface area contributed by atoms with Crippen molar-refractivity contribution in [2.75, 3.05) is 4.90 Å². The van der Waals surface area contributed by atoms with Gasteiger partial charge >= 0.3 is 0 Å². The van der Waals surface area contributed by atoms with Crippen molar-refractivity contribution in [1.82, 2.24) is 9.97 Å². The van der Waals surface area contributed by atoms with Crippen molar-refractivity contribution < 1.29 is 9.59 Å². The largest absolute Gasteiger partial charge is 0.286 e. The van der Waals surface area contributed by atoms with Gasteiger partial charge in [0, 0.05) is 12.4 Å². The number of aromatic nitrogens is 2. The van der Waals surface area contributed by atoms with E-state index in [0.717, 1.165) is 17.5 Å². The van der Waals surface area contributed by atoms with E-state index in [4.69, 9.17) is 0 Å². The number of amides is 2. The van der Waals surface area contributed by atoms with Crippen LogP contribution < -0.4 is 4.90 Å². The van der Waals surface area contributed by atoms with Gasteiger partial charge in [0.25, 0.3) is 11.8 Å². The van der Waals surface area contributed by atoms with Crippen LogP contribution in [-0.2, 0) is 6.42 Å². The lowest BCUT2D eigenvalue weighted by molar-refractivity contribution is 0.0923. The van der Waals surface area contributed by atoms with E-state index in [2.05, 4.69) is 9.97 Å². The first-order valence-electron chi connectivity index (χ1n) is 6.43. The fourth-order valence-corrected chi connectivity index (χ4v) is 2.48. The minimum atomic E-state index is -0.401. The maximum absolute atomic E-state index is 12.4. The van der Waals surface area contributed by atoms with Crippen molar-refractivity contribution in [3.05, 3.63) is 53.1 Å². The van der Waals surface area contributed by atoms with E-state index in [1.165, 1.54) is 17.3 Å². The molecule has 0 unspecified atom stereocenters. The number of imide groups is 1. The average Bonchev–Trinajstić information content (AvgIpc) is 2.72. The van der Waals surface area contributed by atoms with E-state index in [-0.39, 0.29) is 11.4 Å². The zero-order valence-corrected chi connectivity index (χ0v) is 11.3. The Balaban J connectivity index is 2.19. The summed E-state index contributed by atoms with van der Waals surface area (Å²) in [7, 11) is 0. The van der Waals surface area contributed by atoms with E-state index in [1.54, 1.807) is 0 Å². The molecule has 5 heteroatoms. The van der Waals surface area contributed by atoms with Crippen LogP contribution in [0.15, 0.2) is 30.6 Å². The number of rotatable bonds is 2. The number of carbonyl (C=O) groups is 2. The van der Waals surface area contributed by atoms with E-state index in [0.29, 0.717) is 5.69 Å². The first-order chi connectivity index (χ1) is 9.65. The van der Waals surface area contributed by atoms with Gasteiger partial charge in [-0.3, -0.25) is 9.59 Å². The Bertz CT molecular complexity index is 690. The molecule has 0 N–H and O–H groups in total. The molecule has 3 rings (SSSR count). The molecule has 0 spiro atoms. The Morgan fingerprint density at radius 1 is 1.05 bits per heavy atom. The van der Waals surface area contributed by atoms with Crippen molar-refractivity contribution in [3.8, 4) is 0 Å². The third kappa shape index (κ3) is 1.63. The Hall–Kier alpha value is -2.56. The summed E-state index contributed by atoms with van der Waals surface area (Å²) >= 11 is 0. The summed E-state index contributed by atoms with van der Waals surface area (Å²) < 4.78 is 0. The second-order valence-corrected chi connectivity index (χ2v) is 4.64. The lowest BCUT2D eigenvalue weighted by Gasteiger charge is -2.19. The number of benzene rings is 1. The Morgan fingerprint density at radius 3 is 2.20 bits per heavy atom. The van der Waals surface area contributed by atoms with Crippen LogP contribution in [-0.4, -0.2) is 21.8 Å². The quantitative estimate of drug-likeness (QED) is 0.782. The molecule has 1 aromatic carbocycles. The molecular formula is C15H13N3O2. The van der Waals surface area contributed by atoms with Crippen LogP contribution in [0.4, 0.5) is 5.69 Å². The normalized spacial score (nSPS) is 13.8. The van der Waals surface area contributed by atoms with Crippen LogP contribution in [0.25, 0.3) is 0 Å². The van der Waals surface area contributed by atoms with Crippen LogP contribution in [0.1, 0.15) is 39.0 Å². The molecule has 20 heavy (non-hydrogen) atoms. The molecule has 2 amide bonds. The second kappa shape index (κ2) is 4.52. The van der Waals surface area contributed by atoms with Crippen molar-refractivity contribution >= 4 is 17.5 Å². The molecule has 0 aliphatic carbocycles.